The van der Waals surface area contributed by atoms with Crippen LogP contribution in [0.25, 0.3) is 0 Å². The van der Waals surface area contributed by atoms with E-state index in [-0.39, 0.29) is 48.2 Å². The van der Waals surface area contributed by atoms with E-state index in [2.05, 4.69) is 16.0 Å². The van der Waals surface area contributed by atoms with Gasteiger partial charge in [0.2, 0.25) is 26.0 Å². The lowest BCUT2D eigenvalue weighted by molar-refractivity contribution is -0.120. The van der Waals surface area contributed by atoms with Crippen LogP contribution in [0.3, 0.4) is 0 Å². The van der Waals surface area contributed by atoms with Gasteiger partial charge in [-0.2, -0.15) is 4.31 Å². The number of nitrogens with zero attached hydrogens (tertiary/aromatic N) is 3. The molecule has 4 rings (SSSR count). The van der Waals surface area contributed by atoms with Gasteiger partial charge in [0.1, 0.15) is 0 Å². The first-order chi connectivity index (χ1) is 22.2. The van der Waals surface area contributed by atoms with Crippen LogP contribution < -0.4 is 30.9 Å². The second-order valence-electron chi connectivity index (χ2n) is 10.8. The lowest BCUT2D eigenvalue weighted by atomic mass is 10.1. The summed E-state index contributed by atoms with van der Waals surface area (Å²) in [7, 11) is -6.20. The third kappa shape index (κ3) is 9.56. The molecular weight excluding hydrogens is 689 g/mol. The van der Waals surface area contributed by atoms with Crippen LogP contribution in [-0.4, -0.2) is 92.1 Å². The maximum Gasteiger partial charge on any atom is 0.257 e. The molecule has 0 bridgehead atoms. The maximum atomic E-state index is 13.5. The van der Waals surface area contributed by atoms with Crippen molar-refractivity contribution in [1.29, 1.82) is 0 Å². The molecule has 0 aliphatic carbocycles. The fourth-order valence-corrected chi connectivity index (χ4v) is 7.31. The Balaban J connectivity index is 1.46. The molecule has 1 aliphatic heterocycles. The number of halogens is 2. The number of carbonyl (C=O) groups is 2. The Morgan fingerprint density at radius 3 is 2.15 bits per heavy atom. The van der Waals surface area contributed by atoms with E-state index in [1.54, 1.807) is 24.3 Å². The van der Waals surface area contributed by atoms with E-state index in [4.69, 9.17) is 28.9 Å². The highest BCUT2D eigenvalue weighted by atomic mass is 35.5. The van der Waals surface area contributed by atoms with Gasteiger partial charge in [-0.15, -0.1) is 0 Å². The highest BCUT2D eigenvalue weighted by Gasteiger charge is 2.29. The molecule has 3 aromatic rings. The topological polar surface area (TPSA) is 174 Å². The lowest BCUT2D eigenvalue weighted by Gasteiger charge is -2.35. The van der Waals surface area contributed by atoms with Gasteiger partial charge in [0.05, 0.1) is 28.9 Å². The Kier molecular flexibility index (Phi) is 12.1. The molecule has 1 saturated heterocycles. The highest BCUT2D eigenvalue weighted by molar-refractivity contribution is 7.92. The molecule has 1 fully saturated rings. The second kappa shape index (κ2) is 15.6. The summed E-state index contributed by atoms with van der Waals surface area (Å²) in [5.41, 5.74) is 7.27. The number of piperazine rings is 1. The molecule has 13 nitrogen and oxygen atoms in total. The number of amides is 2. The van der Waals surface area contributed by atoms with Gasteiger partial charge in [-0.3, -0.25) is 13.9 Å². The summed E-state index contributed by atoms with van der Waals surface area (Å²) < 4.78 is 53.8. The fraction of sp³-hybridized carbons (Fsp3) is 0.333. The molecule has 47 heavy (non-hydrogen) atoms. The molecule has 0 spiro atoms. The van der Waals surface area contributed by atoms with Crippen molar-refractivity contribution >= 4 is 72.1 Å². The van der Waals surface area contributed by atoms with E-state index in [0.717, 1.165) is 16.2 Å². The van der Waals surface area contributed by atoms with Crippen molar-refractivity contribution in [3.63, 3.8) is 0 Å². The van der Waals surface area contributed by atoms with Crippen molar-refractivity contribution < 1.29 is 26.4 Å². The third-order valence-corrected chi connectivity index (χ3v) is 11.0. The van der Waals surface area contributed by atoms with Crippen molar-refractivity contribution in [1.82, 2.24) is 14.9 Å². The molecule has 0 unspecified atom stereocenters. The van der Waals surface area contributed by atoms with Gasteiger partial charge < -0.3 is 26.6 Å². The number of nitrogens with two attached hydrogens (primary N) is 1. The molecular formula is C30H37Cl2N7O6S2. The Labute approximate surface area is 285 Å². The normalized spacial score (nSPS) is 14.1. The predicted octanol–water partition coefficient (Wildman–Crippen LogP) is 2.32. The van der Waals surface area contributed by atoms with E-state index in [1.807, 2.05) is 4.90 Å². The van der Waals surface area contributed by atoms with Crippen LogP contribution in [0.5, 0.6) is 0 Å². The van der Waals surface area contributed by atoms with Gasteiger partial charge in [0.15, 0.2) is 0 Å². The van der Waals surface area contributed by atoms with E-state index in [0.29, 0.717) is 47.5 Å². The summed E-state index contributed by atoms with van der Waals surface area (Å²) in [5, 5.41) is 9.33. The Bertz CT molecular complexity index is 1800. The molecule has 0 aromatic heterocycles. The fourth-order valence-electron chi connectivity index (χ4n) is 4.86. The zero-order valence-electron chi connectivity index (χ0n) is 25.9. The van der Waals surface area contributed by atoms with E-state index < -0.39 is 26.0 Å². The van der Waals surface area contributed by atoms with Crippen molar-refractivity contribution in [3.8, 4) is 0 Å². The van der Waals surface area contributed by atoms with Crippen LogP contribution in [-0.2, 0) is 31.4 Å². The molecule has 0 atom stereocenters. The van der Waals surface area contributed by atoms with Gasteiger partial charge in [-0.1, -0.05) is 29.3 Å². The number of benzene rings is 3. The zero-order valence-corrected chi connectivity index (χ0v) is 29.0. The van der Waals surface area contributed by atoms with Crippen molar-refractivity contribution in [2.45, 2.75) is 11.4 Å². The molecule has 0 saturated carbocycles. The Hall–Kier alpha value is -3.44. The zero-order chi connectivity index (χ0) is 34.4. The van der Waals surface area contributed by atoms with Gasteiger partial charge in [-0.25, -0.2) is 16.8 Å². The van der Waals surface area contributed by atoms with Gasteiger partial charge >= 0.3 is 0 Å². The maximum absolute atomic E-state index is 13.5. The molecule has 1 heterocycles. The number of rotatable bonds is 13. The SMILES string of the molecule is CN(c1ccc(CNC(=O)CNCCN)cc1C(=O)Nc1ccc(S(=O)(=O)N2CCN(c3cc(Cl)cc(Cl)c3)CC2)cc1)S(C)(=O)=O. The van der Waals surface area contributed by atoms with Crippen LogP contribution in [0.1, 0.15) is 15.9 Å². The first-order valence-corrected chi connectivity index (χ1v) is 18.6. The number of anilines is 3. The average molecular weight is 727 g/mol. The lowest BCUT2D eigenvalue weighted by Crippen LogP contribution is -2.48. The largest absolute Gasteiger partial charge is 0.369 e. The van der Waals surface area contributed by atoms with Crippen molar-refractivity contribution in [2.75, 3.05) is 73.6 Å². The molecule has 2 amide bonds. The first-order valence-electron chi connectivity index (χ1n) is 14.6. The number of carbonyl (C=O) groups excluding carboxylic acids is 2. The Morgan fingerprint density at radius 2 is 1.55 bits per heavy atom. The van der Waals surface area contributed by atoms with E-state index >= 15 is 0 Å². The van der Waals surface area contributed by atoms with Gasteiger partial charge in [0, 0.05) is 74.3 Å². The molecule has 254 valence electrons. The van der Waals surface area contributed by atoms with Crippen LogP contribution >= 0.6 is 23.2 Å². The van der Waals surface area contributed by atoms with Gasteiger partial charge in [0.25, 0.3) is 5.91 Å². The van der Waals surface area contributed by atoms with Crippen LogP contribution in [0.2, 0.25) is 10.0 Å². The number of hydrogen-bond donors (Lipinski definition) is 4. The molecule has 3 aromatic carbocycles. The smallest absolute Gasteiger partial charge is 0.257 e. The summed E-state index contributed by atoms with van der Waals surface area (Å²) in [6.07, 6.45) is 1.02. The standard InChI is InChI=1S/C30H37Cl2N7O6S2/c1-37(46(2,42)43)28-8-3-21(19-35-29(40)20-34-10-9-33)15-27(28)30(41)36-24-4-6-26(7-5-24)47(44,45)39-13-11-38(12-14-39)25-17-22(31)16-23(32)18-25/h3-8,15-18,34H,9-14,19-20,33H2,1-2H3,(H,35,40)(H,36,41). The summed E-state index contributed by atoms with van der Waals surface area (Å²) in [4.78, 5) is 27.7. The minimum Gasteiger partial charge on any atom is -0.369 e. The molecule has 5 N–H and O–H groups in total. The second-order valence-corrected chi connectivity index (χ2v) is 15.6. The molecule has 17 heteroatoms. The highest BCUT2D eigenvalue weighted by Crippen LogP contribution is 2.28. The van der Waals surface area contributed by atoms with Gasteiger partial charge in [-0.05, 0) is 60.2 Å². The number of hydrogen-bond acceptors (Lipinski definition) is 9. The van der Waals surface area contributed by atoms with E-state index in [9.17, 15) is 26.4 Å². The molecule has 0 radical (unpaired) electrons. The summed E-state index contributed by atoms with van der Waals surface area (Å²) in [5.74, 6) is -0.897. The van der Waals surface area contributed by atoms with Crippen LogP contribution in [0.15, 0.2) is 65.6 Å². The summed E-state index contributed by atoms with van der Waals surface area (Å²) in [6.45, 7) is 2.43. The van der Waals surface area contributed by atoms with Crippen LogP contribution in [0.4, 0.5) is 17.1 Å². The average Bonchev–Trinajstić information content (AvgIpc) is 3.03. The number of sulfonamides is 2. The van der Waals surface area contributed by atoms with Crippen molar-refractivity contribution in [3.05, 3.63) is 81.8 Å². The minimum absolute atomic E-state index is 0.0430. The summed E-state index contributed by atoms with van der Waals surface area (Å²) >= 11 is 12.3. The van der Waals surface area contributed by atoms with Crippen LogP contribution in [0, 0.1) is 0 Å². The van der Waals surface area contributed by atoms with Crippen molar-refractivity contribution in [2.24, 2.45) is 5.73 Å². The van der Waals surface area contributed by atoms with E-state index in [1.165, 1.54) is 47.8 Å². The molecule has 1 aliphatic rings. The summed E-state index contributed by atoms with van der Waals surface area (Å²) in [6, 6.07) is 15.5. The predicted molar refractivity (Wildman–Crippen MR) is 185 cm³/mol. The minimum atomic E-state index is -3.82. The Morgan fingerprint density at radius 1 is 0.915 bits per heavy atom. The monoisotopic (exact) mass is 725 g/mol. The number of nitrogens with one attached hydrogen (secondary N) is 3. The third-order valence-electron chi connectivity index (χ3n) is 7.44. The quantitative estimate of drug-likeness (QED) is 0.193. The first kappa shape index (κ1) is 36.4.